The lowest BCUT2D eigenvalue weighted by Gasteiger charge is -2.09. The van der Waals surface area contributed by atoms with Crippen LogP contribution in [0.4, 0.5) is 5.69 Å². The normalized spacial score (nSPS) is 10.8. The first-order valence-corrected chi connectivity index (χ1v) is 8.44. The Hall–Kier alpha value is -3.74. The molecule has 7 nitrogen and oxygen atoms in total. The van der Waals surface area contributed by atoms with Crippen molar-refractivity contribution >= 4 is 22.5 Å². The van der Waals surface area contributed by atoms with E-state index in [9.17, 15) is 9.59 Å². The standard InChI is InChI=1S/C20H16N4O3/c25-18-11-22-24(17-4-2-1-3-16(17)18)10-9-20(26)23-15-7-5-14(6-8-15)19-12-21-13-27-19/h1-8,11-13H,9-10H2,(H,23,26). The molecule has 1 amide bonds. The molecule has 2 aromatic carbocycles. The Balaban J connectivity index is 1.42. The molecule has 4 aromatic rings. The fraction of sp³-hybridized carbons (Fsp3) is 0.100. The topological polar surface area (TPSA) is 90.0 Å². The number of nitrogens with zero attached hydrogens (tertiary/aromatic N) is 3. The molecule has 27 heavy (non-hydrogen) atoms. The van der Waals surface area contributed by atoms with Crippen LogP contribution in [0.3, 0.4) is 0 Å². The molecular formula is C20H16N4O3. The summed E-state index contributed by atoms with van der Waals surface area (Å²) >= 11 is 0. The molecule has 0 radical (unpaired) electrons. The molecule has 0 spiro atoms. The number of carbonyl (C=O) groups excluding carboxylic acids is 1. The summed E-state index contributed by atoms with van der Waals surface area (Å²) in [7, 11) is 0. The molecule has 0 aliphatic carbocycles. The molecule has 0 atom stereocenters. The van der Waals surface area contributed by atoms with Crippen LogP contribution in [0.5, 0.6) is 0 Å². The number of amides is 1. The number of aromatic nitrogens is 3. The second-order valence-electron chi connectivity index (χ2n) is 5.99. The van der Waals surface area contributed by atoms with Gasteiger partial charge in [-0.25, -0.2) is 4.98 Å². The smallest absolute Gasteiger partial charge is 0.226 e. The Morgan fingerprint density at radius 2 is 1.89 bits per heavy atom. The second-order valence-corrected chi connectivity index (χ2v) is 5.99. The lowest BCUT2D eigenvalue weighted by molar-refractivity contribution is -0.116. The van der Waals surface area contributed by atoms with Gasteiger partial charge >= 0.3 is 0 Å². The number of aryl methyl sites for hydroxylation is 1. The molecule has 0 bridgehead atoms. The Morgan fingerprint density at radius 3 is 2.67 bits per heavy atom. The highest BCUT2D eigenvalue weighted by Crippen LogP contribution is 2.20. The van der Waals surface area contributed by atoms with E-state index in [1.807, 2.05) is 42.5 Å². The van der Waals surface area contributed by atoms with Crippen molar-refractivity contribution in [3.63, 3.8) is 0 Å². The molecular weight excluding hydrogens is 344 g/mol. The van der Waals surface area contributed by atoms with Crippen LogP contribution >= 0.6 is 0 Å². The third-order valence-corrected chi connectivity index (χ3v) is 4.20. The summed E-state index contributed by atoms with van der Waals surface area (Å²) in [6.07, 6.45) is 4.53. The highest BCUT2D eigenvalue weighted by Gasteiger charge is 2.07. The fourth-order valence-corrected chi connectivity index (χ4v) is 2.85. The first-order chi connectivity index (χ1) is 13.2. The Morgan fingerprint density at radius 1 is 1.07 bits per heavy atom. The second kappa shape index (κ2) is 7.25. The molecule has 0 unspecified atom stereocenters. The van der Waals surface area contributed by atoms with E-state index in [-0.39, 0.29) is 17.8 Å². The summed E-state index contributed by atoms with van der Waals surface area (Å²) in [5.74, 6) is 0.538. The van der Waals surface area contributed by atoms with Crippen molar-refractivity contribution in [1.82, 2.24) is 14.8 Å². The van der Waals surface area contributed by atoms with Crippen molar-refractivity contribution in [2.24, 2.45) is 0 Å². The van der Waals surface area contributed by atoms with E-state index in [2.05, 4.69) is 15.4 Å². The number of hydrogen-bond donors (Lipinski definition) is 1. The van der Waals surface area contributed by atoms with E-state index in [0.29, 0.717) is 28.9 Å². The molecule has 0 aliphatic heterocycles. The van der Waals surface area contributed by atoms with Crippen molar-refractivity contribution in [2.75, 3.05) is 5.32 Å². The fourth-order valence-electron chi connectivity index (χ4n) is 2.85. The van der Waals surface area contributed by atoms with E-state index in [4.69, 9.17) is 4.42 Å². The Kier molecular flexibility index (Phi) is 4.49. The molecule has 7 heteroatoms. The summed E-state index contributed by atoms with van der Waals surface area (Å²) in [5.41, 5.74) is 2.17. The van der Waals surface area contributed by atoms with E-state index >= 15 is 0 Å². The molecule has 0 aliphatic rings. The maximum absolute atomic E-state index is 12.3. The van der Waals surface area contributed by atoms with Gasteiger partial charge in [0.25, 0.3) is 0 Å². The number of oxazole rings is 1. The van der Waals surface area contributed by atoms with Crippen molar-refractivity contribution in [2.45, 2.75) is 13.0 Å². The average Bonchev–Trinajstić information content (AvgIpc) is 3.23. The van der Waals surface area contributed by atoms with Crippen LogP contribution in [0, 0.1) is 0 Å². The summed E-state index contributed by atoms with van der Waals surface area (Å²) in [4.78, 5) is 28.0. The van der Waals surface area contributed by atoms with Crippen LogP contribution in [0.2, 0.25) is 0 Å². The summed E-state index contributed by atoms with van der Waals surface area (Å²) in [5, 5.41) is 7.58. The lowest BCUT2D eigenvalue weighted by atomic mass is 10.1. The van der Waals surface area contributed by atoms with Gasteiger partial charge in [-0.15, -0.1) is 0 Å². The highest BCUT2D eigenvalue weighted by molar-refractivity contribution is 5.91. The number of para-hydroxylation sites is 1. The minimum Gasteiger partial charge on any atom is -0.444 e. The Bertz CT molecular complexity index is 1130. The van der Waals surface area contributed by atoms with Gasteiger partial charge in [0.2, 0.25) is 11.3 Å². The van der Waals surface area contributed by atoms with Crippen molar-refractivity contribution < 1.29 is 9.21 Å². The molecule has 4 rings (SSSR count). The Labute approximate surface area is 154 Å². The van der Waals surface area contributed by atoms with Crippen LogP contribution in [0.1, 0.15) is 6.42 Å². The van der Waals surface area contributed by atoms with Gasteiger partial charge in [0.05, 0.1) is 24.5 Å². The number of anilines is 1. The highest BCUT2D eigenvalue weighted by atomic mass is 16.3. The maximum atomic E-state index is 12.3. The predicted molar refractivity (Wildman–Crippen MR) is 101 cm³/mol. The molecule has 0 fully saturated rings. The molecule has 0 saturated heterocycles. The zero-order valence-electron chi connectivity index (χ0n) is 14.3. The minimum absolute atomic E-state index is 0.127. The number of rotatable bonds is 5. The summed E-state index contributed by atoms with van der Waals surface area (Å²) < 4.78 is 6.91. The van der Waals surface area contributed by atoms with Crippen LogP contribution in [-0.2, 0) is 11.3 Å². The predicted octanol–water partition coefficient (Wildman–Crippen LogP) is 3.08. The zero-order chi connectivity index (χ0) is 18.6. The third-order valence-electron chi connectivity index (χ3n) is 4.20. The van der Waals surface area contributed by atoms with E-state index in [1.165, 1.54) is 12.6 Å². The number of hydrogen-bond acceptors (Lipinski definition) is 5. The molecule has 1 N–H and O–H groups in total. The summed E-state index contributed by atoms with van der Waals surface area (Å²) in [6, 6.07) is 14.6. The van der Waals surface area contributed by atoms with Crippen molar-refractivity contribution in [3.05, 3.63) is 77.5 Å². The zero-order valence-corrected chi connectivity index (χ0v) is 14.3. The lowest BCUT2D eigenvalue weighted by Crippen LogP contribution is -2.18. The van der Waals surface area contributed by atoms with Gasteiger partial charge in [-0.3, -0.25) is 14.3 Å². The average molecular weight is 360 g/mol. The molecule has 134 valence electrons. The van der Waals surface area contributed by atoms with Gasteiger partial charge in [0.15, 0.2) is 12.2 Å². The van der Waals surface area contributed by atoms with Crippen LogP contribution < -0.4 is 10.7 Å². The molecule has 0 saturated carbocycles. The van der Waals surface area contributed by atoms with Gasteiger partial charge in [-0.1, -0.05) is 12.1 Å². The van der Waals surface area contributed by atoms with Gasteiger partial charge in [0.1, 0.15) is 0 Å². The van der Waals surface area contributed by atoms with Gasteiger partial charge in [-0.2, -0.15) is 5.10 Å². The molecule has 2 aromatic heterocycles. The molecule has 2 heterocycles. The van der Waals surface area contributed by atoms with Gasteiger partial charge in [0, 0.05) is 23.1 Å². The van der Waals surface area contributed by atoms with Gasteiger partial charge < -0.3 is 9.73 Å². The first-order valence-electron chi connectivity index (χ1n) is 8.44. The van der Waals surface area contributed by atoms with Crippen LogP contribution in [0.15, 0.2) is 76.5 Å². The van der Waals surface area contributed by atoms with Crippen molar-refractivity contribution in [1.29, 1.82) is 0 Å². The van der Waals surface area contributed by atoms with E-state index in [0.717, 1.165) is 5.56 Å². The monoisotopic (exact) mass is 360 g/mol. The number of carbonyl (C=O) groups is 1. The largest absolute Gasteiger partial charge is 0.444 e. The summed E-state index contributed by atoms with van der Waals surface area (Å²) in [6.45, 7) is 0.378. The number of benzene rings is 2. The number of nitrogens with one attached hydrogen (secondary N) is 1. The van der Waals surface area contributed by atoms with Crippen molar-refractivity contribution in [3.8, 4) is 11.3 Å². The van der Waals surface area contributed by atoms with Crippen LogP contribution in [-0.4, -0.2) is 20.7 Å². The maximum Gasteiger partial charge on any atom is 0.226 e. The first kappa shape index (κ1) is 16.7. The number of fused-ring (bicyclic) bond motifs is 1. The minimum atomic E-state index is -0.132. The van der Waals surface area contributed by atoms with E-state index < -0.39 is 0 Å². The van der Waals surface area contributed by atoms with Gasteiger partial charge in [-0.05, 0) is 36.4 Å². The third kappa shape index (κ3) is 3.62. The quantitative estimate of drug-likeness (QED) is 0.591. The van der Waals surface area contributed by atoms with Crippen LogP contribution in [0.25, 0.3) is 22.2 Å². The SMILES string of the molecule is O=C(CCn1ncc(=O)c2ccccc21)Nc1ccc(-c2cnco2)cc1. The van der Waals surface area contributed by atoms with E-state index in [1.54, 1.807) is 16.9 Å².